The molecule has 2 aromatic rings. The first-order chi connectivity index (χ1) is 9.69. The molecule has 1 fully saturated rings. The van der Waals surface area contributed by atoms with Gasteiger partial charge in [-0.2, -0.15) is 0 Å². The molecular formula is C14H19N5O. The van der Waals surface area contributed by atoms with Crippen molar-refractivity contribution in [3.63, 3.8) is 0 Å². The number of carbonyl (C=O) groups is 1. The molecule has 0 radical (unpaired) electrons. The van der Waals surface area contributed by atoms with Crippen molar-refractivity contribution < 1.29 is 4.79 Å². The average molecular weight is 273 g/mol. The highest BCUT2D eigenvalue weighted by atomic mass is 16.2. The number of fused-ring (bicyclic) bond motifs is 1. The summed E-state index contributed by atoms with van der Waals surface area (Å²) in [4.78, 5) is 12.3. The Kier molecular flexibility index (Phi) is 3.40. The fourth-order valence-corrected chi connectivity index (χ4v) is 2.76. The number of nitrogens with two attached hydrogens (primary N) is 1. The van der Waals surface area contributed by atoms with Crippen LogP contribution in [0.3, 0.4) is 0 Å². The molecule has 0 aliphatic heterocycles. The van der Waals surface area contributed by atoms with Crippen molar-refractivity contribution in [2.24, 2.45) is 5.73 Å². The third kappa shape index (κ3) is 2.38. The van der Waals surface area contributed by atoms with Gasteiger partial charge in [0, 0.05) is 6.20 Å². The van der Waals surface area contributed by atoms with E-state index in [0.29, 0.717) is 12.4 Å². The van der Waals surface area contributed by atoms with Crippen LogP contribution in [0, 0.1) is 0 Å². The summed E-state index contributed by atoms with van der Waals surface area (Å²) in [6.07, 6.45) is 6.63. The number of hydrogen-bond acceptors (Lipinski definition) is 4. The predicted octanol–water partition coefficient (Wildman–Crippen LogP) is 1.01. The topological polar surface area (TPSA) is 85.3 Å². The number of nitrogens with zero attached hydrogens (tertiary/aromatic N) is 3. The van der Waals surface area contributed by atoms with Crippen LogP contribution in [0.1, 0.15) is 37.9 Å². The van der Waals surface area contributed by atoms with Gasteiger partial charge < -0.3 is 11.1 Å². The molecule has 0 bridgehead atoms. The molecule has 0 saturated heterocycles. The average Bonchev–Trinajstić information content (AvgIpc) is 2.89. The number of rotatable bonds is 3. The van der Waals surface area contributed by atoms with Crippen molar-refractivity contribution in [2.75, 3.05) is 0 Å². The second kappa shape index (κ2) is 5.20. The Morgan fingerprint density at radius 3 is 2.90 bits per heavy atom. The summed E-state index contributed by atoms with van der Waals surface area (Å²) in [7, 11) is 0. The molecule has 20 heavy (non-hydrogen) atoms. The molecular weight excluding hydrogens is 254 g/mol. The third-order valence-corrected chi connectivity index (χ3v) is 3.99. The van der Waals surface area contributed by atoms with E-state index >= 15 is 0 Å². The first-order valence-corrected chi connectivity index (χ1v) is 7.05. The van der Waals surface area contributed by atoms with Crippen molar-refractivity contribution in [2.45, 2.75) is 44.2 Å². The number of nitrogens with one attached hydrogen (secondary N) is 1. The molecule has 6 nitrogen and oxygen atoms in total. The Hall–Kier alpha value is -1.95. The maximum absolute atomic E-state index is 12.3. The second-order valence-electron chi connectivity index (χ2n) is 5.44. The van der Waals surface area contributed by atoms with Gasteiger partial charge in [-0.3, -0.25) is 9.20 Å². The molecule has 1 amide bonds. The van der Waals surface area contributed by atoms with E-state index in [2.05, 4.69) is 15.5 Å². The zero-order valence-corrected chi connectivity index (χ0v) is 11.4. The van der Waals surface area contributed by atoms with Crippen molar-refractivity contribution in [1.82, 2.24) is 19.9 Å². The summed E-state index contributed by atoms with van der Waals surface area (Å²) < 4.78 is 1.87. The highest BCUT2D eigenvalue weighted by molar-refractivity contribution is 5.86. The summed E-state index contributed by atoms with van der Waals surface area (Å²) in [5, 5.41) is 11.0. The molecule has 6 heteroatoms. The Labute approximate surface area is 117 Å². The summed E-state index contributed by atoms with van der Waals surface area (Å²) in [5.41, 5.74) is 6.27. The Morgan fingerprint density at radius 2 is 2.10 bits per heavy atom. The maximum atomic E-state index is 12.3. The van der Waals surface area contributed by atoms with Gasteiger partial charge in [-0.15, -0.1) is 10.2 Å². The maximum Gasteiger partial charge on any atom is 0.240 e. The third-order valence-electron chi connectivity index (χ3n) is 3.99. The molecule has 2 heterocycles. The molecule has 3 rings (SSSR count). The fraction of sp³-hybridized carbons (Fsp3) is 0.500. The van der Waals surface area contributed by atoms with Crippen LogP contribution in [0.5, 0.6) is 0 Å². The lowest BCUT2D eigenvalue weighted by atomic mass is 9.82. The van der Waals surface area contributed by atoms with Gasteiger partial charge >= 0.3 is 0 Å². The lowest BCUT2D eigenvalue weighted by Gasteiger charge is -2.31. The quantitative estimate of drug-likeness (QED) is 0.874. The van der Waals surface area contributed by atoms with Crippen LogP contribution in [0.2, 0.25) is 0 Å². The lowest BCUT2D eigenvalue weighted by Crippen LogP contribution is -2.54. The zero-order valence-electron chi connectivity index (χ0n) is 11.4. The molecule has 3 N–H and O–H groups in total. The van der Waals surface area contributed by atoms with E-state index in [1.54, 1.807) is 0 Å². The van der Waals surface area contributed by atoms with Gasteiger partial charge in [0.15, 0.2) is 11.5 Å². The number of amides is 1. The van der Waals surface area contributed by atoms with Crippen molar-refractivity contribution >= 4 is 11.6 Å². The largest absolute Gasteiger partial charge is 0.347 e. The Morgan fingerprint density at radius 1 is 1.30 bits per heavy atom. The molecule has 1 saturated carbocycles. The predicted molar refractivity (Wildman–Crippen MR) is 74.8 cm³/mol. The fourth-order valence-electron chi connectivity index (χ4n) is 2.76. The van der Waals surface area contributed by atoms with Gasteiger partial charge in [0.2, 0.25) is 5.91 Å². The minimum Gasteiger partial charge on any atom is -0.347 e. The minimum absolute atomic E-state index is 0.0788. The summed E-state index contributed by atoms with van der Waals surface area (Å²) in [5.74, 6) is 0.637. The van der Waals surface area contributed by atoms with Crippen LogP contribution in [-0.4, -0.2) is 26.0 Å². The van der Waals surface area contributed by atoms with Gasteiger partial charge in [0.25, 0.3) is 0 Å². The Balaban J connectivity index is 1.68. The molecule has 2 aromatic heterocycles. The van der Waals surface area contributed by atoms with Crippen molar-refractivity contribution in [1.29, 1.82) is 0 Å². The summed E-state index contributed by atoms with van der Waals surface area (Å²) >= 11 is 0. The van der Waals surface area contributed by atoms with Crippen LogP contribution < -0.4 is 11.1 Å². The summed E-state index contributed by atoms with van der Waals surface area (Å²) in [6, 6.07) is 5.69. The standard InChI is InChI=1S/C14H19N5O/c15-14(7-3-1-4-8-14)13(20)16-10-12-18-17-11-6-2-5-9-19(11)12/h2,5-6,9H,1,3-4,7-8,10,15H2,(H,16,20). The number of hydrogen-bond donors (Lipinski definition) is 2. The second-order valence-corrected chi connectivity index (χ2v) is 5.44. The van der Waals surface area contributed by atoms with E-state index in [9.17, 15) is 4.79 Å². The minimum atomic E-state index is -0.710. The van der Waals surface area contributed by atoms with E-state index in [1.165, 1.54) is 6.42 Å². The van der Waals surface area contributed by atoms with Gasteiger partial charge in [-0.25, -0.2) is 0 Å². The van der Waals surface area contributed by atoms with Crippen molar-refractivity contribution in [3.8, 4) is 0 Å². The SMILES string of the molecule is NC1(C(=O)NCc2nnc3ccccn23)CCCCC1. The molecule has 1 aliphatic rings. The molecule has 0 atom stereocenters. The first-order valence-electron chi connectivity index (χ1n) is 7.05. The molecule has 0 unspecified atom stereocenters. The van der Waals surface area contributed by atoms with E-state index in [4.69, 9.17) is 5.73 Å². The monoisotopic (exact) mass is 273 g/mol. The number of pyridine rings is 1. The van der Waals surface area contributed by atoms with Crippen molar-refractivity contribution in [3.05, 3.63) is 30.2 Å². The molecule has 106 valence electrons. The van der Waals surface area contributed by atoms with E-state index < -0.39 is 5.54 Å². The molecule has 0 aromatic carbocycles. The van der Waals surface area contributed by atoms with Crippen LogP contribution in [0.4, 0.5) is 0 Å². The van der Waals surface area contributed by atoms with Gasteiger partial charge in [-0.05, 0) is 25.0 Å². The van der Waals surface area contributed by atoms with E-state index in [1.807, 2.05) is 28.8 Å². The first kappa shape index (κ1) is 13.1. The zero-order chi connectivity index (χ0) is 14.0. The van der Waals surface area contributed by atoms with Crippen LogP contribution >= 0.6 is 0 Å². The van der Waals surface area contributed by atoms with Gasteiger partial charge in [0.05, 0.1) is 12.1 Å². The van der Waals surface area contributed by atoms with Crippen LogP contribution in [0.25, 0.3) is 5.65 Å². The lowest BCUT2D eigenvalue weighted by molar-refractivity contribution is -0.127. The molecule has 1 aliphatic carbocycles. The van der Waals surface area contributed by atoms with Gasteiger partial charge in [0.1, 0.15) is 0 Å². The number of carbonyl (C=O) groups excluding carboxylic acids is 1. The number of aromatic nitrogens is 3. The molecule has 0 spiro atoms. The highest BCUT2D eigenvalue weighted by Crippen LogP contribution is 2.25. The van der Waals surface area contributed by atoms with Crippen LogP contribution in [0.15, 0.2) is 24.4 Å². The normalized spacial score (nSPS) is 18.1. The van der Waals surface area contributed by atoms with E-state index in [-0.39, 0.29) is 5.91 Å². The Bertz CT molecular complexity index is 615. The smallest absolute Gasteiger partial charge is 0.240 e. The summed E-state index contributed by atoms with van der Waals surface area (Å²) in [6.45, 7) is 0.350. The van der Waals surface area contributed by atoms with E-state index in [0.717, 1.165) is 31.3 Å². The van der Waals surface area contributed by atoms with Gasteiger partial charge in [-0.1, -0.05) is 25.3 Å². The highest BCUT2D eigenvalue weighted by Gasteiger charge is 2.35. The van der Waals surface area contributed by atoms with Crippen LogP contribution in [-0.2, 0) is 11.3 Å².